The van der Waals surface area contributed by atoms with Gasteiger partial charge in [0.15, 0.2) is 0 Å². The van der Waals surface area contributed by atoms with E-state index >= 15 is 0 Å². The lowest BCUT2D eigenvalue weighted by Crippen LogP contribution is -2.29. The highest BCUT2D eigenvalue weighted by atomic mass is 79.9. The summed E-state index contributed by atoms with van der Waals surface area (Å²) in [6.07, 6.45) is 0. The van der Waals surface area contributed by atoms with Gasteiger partial charge in [0.1, 0.15) is 5.75 Å². The van der Waals surface area contributed by atoms with Gasteiger partial charge in [-0.1, -0.05) is 22.0 Å². The maximum atomic E-state index is 11.9. The Balaban J connectivity index is 2.04. The van der Waals surface area contributed by atoms with Crippen LogP contribution >= 0.6 is 15.9 Å². The molecule has 22 heavy (non-hydrogen) atoms. The van der Waals surface area contributed by atoms with Crippen molar-refractivity contribution in [2.75, 3.05) is 17.7 Å². The van der Waals surface area contributed by atoms with Gasteiger partial charge in [-0.2, -0.15) is 0 Å². The zero-order valence-corrected chi connectivity index (χ0v) is 13.7. The lowest BCUT2D eigenvalue weighted by atomic mass is 10.2. The number of hydrogen-bond acceptors (Lipinski definition) is 3. The van der Waals surface area contributed by atoms with Crippen LogP contribution in [0, 0.1) is 6.92 Å². The van der Waals surface area contributed by atoms with E-state index in [9.17, 15) is 9.59 Å². The van der Waals surface area contributed by atoms with Crippen molar-refractivity contribution >= 4 is 39.1 Å². The molecule has 2 aromatic carbocycles. The maximum absolute atomic E-state index is 11.9. The van der Waals surface area contributed by atoms with Gasteiger partial charge in [-0.3, -0.25) is 9.59 Å². The SMILES string of the molecule is COc1cccc(NC(=O)C(=O)Nc2ccc(Br)cc2C)c1. The number of carbonyl (C=O) groups excluding carboxylic acids is 2. The molecule has 0 saturated heterocycles. The van der Waals surface area contributed by atoms with Crippen LogP contribution in [0.15, 0.2) is 46.9 Å². The Kier molecular flexibility index (Phi) is 5.16. The zero-order valence-electron chi connectivity index (χ0n) is 12.1. The predicted molar refractivity (Wildman–Crippen MR) is 89.1 cm³/mol. The second kappa shape index (κ2) is 7.09. The van der Waals surface area contributed by atoms with E-state index in [0.717, 1.165) is 10.0 Å². The first-order valence-corrected chi connectivity index (χ1v) is 7.31. The van der Waals surface area contributed by atoms with E-state index in [1.807, 2.05) is 13.0 Å². The summed E-state index contributed by atoms with van der Waals surface area (Å²) in [6.45, 7) is 1.85. The molecule has 0 aliphatic carbocycles. The fourth-order valence-electron chi connectivity index (χ4n) is 1.84. The Morgan fingerprint density at radius 2 is 1.77 bits per heavy atom. The first kappa shape index (κ1) is 16.0. The summed E-state index contributed by atoms with van der Waals surface area (Å²) in [5, 5.41) is 5.11. The summed E-state index contributed by atoms with van der Waals surface area (Å²) in [4.78, 5) is 23.9. The predicted octanol–water partition coefficient (Wildman–Crippen LogP) is 3.34. The second-order valence-corrected chi connectivity index (χ2v) is 5.52. The molecule has 2 N–H and O–H groups in total. The molecule has 0 heterocycles. The van der Waals surface area contributed by atoms with Crippen molar-refractivity contribution in [3.05, 3.63) is 52.5 Å². The molecule has 2 amide bonds. The van der Waals surface area contributed by atoms with E-state index in [-0.39, 0.29) is 0 Å². The van der Waals surface area contributed by atoms with Crippen LogP contribution in [0.25, 0.3) is 0 Å². The van der Waals surface area contributed by atoms with Crippen molar-refractivity contribution in [1.29, 1.82) is 0 Å². The Morgan fingerprint density at radius 3 is 2.45 bits per heavy atom. The van der Waals surface area contributed by atoms with Gasteiger partial charge in [0.25, 0.3) is 0 Å². The maximum Gasteiger partial charge on any atom is 0.314 e. The van der Waals surface area contributed by atoms with E-state index in [4.69, 9.17) is 4.74 Å². The van der Waals surface area contributed by atoms with Crippen LogP contribution in [0.5, 0.6) is 5.75 Å². The van der Waals surface area contributed by atoms with Crippen LogP contribution in [0.2, 0.25) is 0 Å². The summed E-state index contributed by atoms with van der Waals surface area (Å²) in [6, 6.07) is 12.2. The van der Waals surface area contributed by atoms with Crippen LogP contribution in [0.3, 0.4) is 0 Å². The molecular formula is C16H15BrN2O3. The summed E-state index contributed by atoms with van der Waals surface area (Å²) < 4.78 is 5.97. The average molecular weight is 363 g/mol. The largest absolute Gasteiger partial charge is 0.497 e. The Morgan fingerprint density at radius 1 is 1.05 bits per heavy atom. The van der Waals surface area contributed by atoms with Crippen molar-refractivity contribution in [2.24, 2.45) is 0 Å². The molecule has 0 radical (unpaired) electrons. The monoisotopic (exact) mass is 362 g/mol. The third kappa shape index (κ3) is 4.08. The minimum atomic E-state index is -0.740. The Bertz CT molecular complexity index is 716. The topological polar surface area (TPSA) is 67.4 Å². The lowest BCUT2D eigenvalue weighted by molar-refractivity contribution is -0.133. The van der Waals surface area contributed by atoms with Crippen molar-refractivity contribution in [1.82, 2.24) is 0 Å². The molecule has 2 aromatic rings. The molecule has 2 rings (SSSR count). The number of methoxy groups -OCH3 is 1. The fraction of sp³-hybridized carbons (Fsp3) is 0.125. The smallest absolute Gasteiger partial charge is 0.314 e. The molecule has 0 fully saturated rings. The van der Waals surface area contributed by atoms with Crippen molar-refractivity contribution in [3.8, 4) is 5.75 Å². The number of carbonyl (C=O) groups is 2. The van der Waals surface area contributed by atoms with Gasteiger partial charge in [0.2, 0.25) is 0 Å². The number of rotatable bonds is 3. The number of benzene rings is 2. The third-order valence-electron chi connectivity index (χ3n) is 2.97. The quantitative estimate of drug-likeness (QED) is 0.822. The molecule has 0 unspecified atom stereocenters. The van der Waals surface area contributed by atoms with Gasteiger partial charge in [-0.05, 0) is 42.8 Å². The molecule has 0 aliphatic rings. The number of ether oxygens (including phenoxy) is 1. The first-order chi connectivity index (χ1) is 10.5. The van der Waals surface area contributed by atoms with Crippen LogP contribution in [-0.2, 0) is 9.59 Å². The van der Waals surface area contributed by atoms with Crippen molar-refractivity contribution in [2.45, 2.75) is 6.92 Å². The zero-order chi connectivity index (χ0) is 16.1. The Hall–Kier alpha value is -2.34. The highest BCUT2D eigenvalue weighted by molar-refractivity contribution is 9.10. The van der Waals surface area contributed by atoms with E-state index in [2.05, 4.69) is 26.6 Å². The molecule has 0 bridgehead atoms. The number of hydrogen-bond donors (Lipinski definition) is 2. The number of amides is 2. The summed E-state index contributed by atoms with van der Waals surface area (Å²) >= 11 is 3.35. The van der Waals surface area contributed by atoms with Crippen LogP contribution < -0.4 is 15.4 Å². The highest BCUT2D eigenvalue weighted by Crippen LogP contribution is 2.20. The molecule has 0 aliphatic heterocycles. The normalized spacial score (nSPS) is 9.95. The van der Waals surface area contributed by atoms with Gasteiger partial charge >= 0.3 is 11.8 Å². The Labute approximate surface area is 136 Å². The molecule has 0 saturated carbocycles. The van der Waals surface area contributed by atoms with Crippen LogP contribution in [-0.4, -0.2) is 18.9 Å². The molecule has 0 spiro atoms. The summed E-state index contributed by atoms with van der Waals surface area (Å²) in [5.41, 5.74) is 1.94. The van der Waals surface area contributed by atoms with Crippen LogP contribution in [0.1, 0.15) is 5.56 Å². The molecule has 0 atom stereocenters. The molecular weight excluding hydrogens is 348 g/mol. The van der Waals surface area contributed by atoms with Crippen molar-refractivity contribution in [3.63, 3.8) is 0 Å². The van der Waals surface area contributed by atoms with E-state index in [0.29, 0.717) is 17.1 Å². The van der Waals surface area contributed by atoms with Gasteiger partial charge in [-0.25, -0.2) is 0 Å². The highest BCUT2D eigenvalue weighted by Gasteiger charge is 2.15. The van der Waals surface area contributed by atoms with E-state index in [1.54, 1.807) is 36.4 Å². The summed E-state index contributed by atoms with van der Waals surface area (Å²) in [7, 11) is 1.53. The standard InChI is InChI=1S/C16H15BrN2O3/c1-10-8-11(17)6-7-14(10)19-16(21)15(20)18-12-4-3-5-13(9-12)22-2/h3-9H,1-2H3,(H,18,20)(H,19,21). The van der Waals surface area contributed by atoms with E-state index in [1.165, 1.54) is 7.11 Å². The van der Waals surface area contributed by atoms with E-state index < -0.39 is 11.8 Å². The number of halogens is 1. The number of aryl methyl sites for hydroxylation is 1. The van der Waals surface area contributed by atoms with Gasteiger partial charge in [0.05, 0.1) is 7.11 Å². The minimum Gasteiger partial charge on any atom is -0.497 e. The number of nitrogens with one attached hydrogen (secondary N) is 2. The third-order valence-corrected chi connectivity index (χ3v) is 3.46. The lowest BCUT2D eigenvalue weighted by Gasteiger charge is -2.09. The number of anilines is 2. The molecule has 0 aromatic heterocycles. The molecule has 5 nitrogen and oxygen atoms in total. The second-order valence-electron chi connectivity index (χ2n) is 4.60. The molecule has 114 valence electrons. The first-order valence-electron chi connectivity index (χ1n) is 6.52. The fourth-order valence-corrected chi connectivity index (χ4v) is 2.31. The minimum absolute atomic E-state index is 0.493. The van der Waals surface area contributed by atoms with Gasteiger partial charge < -0.3 is 15.4 Å². The van der Waals surface area contributed by atoms with Gasteiger partial charge in [0, 0.05) is 21.9 Å². The molecule has 6 heteroatoms. The van der Waals surface area contributed by atoms with Crippen LogP contribution in [0.4, 0.5) is 11.4 Å². The van der Waals surface area contributed by atoms with Gasteiger partial charge in [-0.15, -0.1) is 0 Å². The summed E-state index contributed by atoms with van der Waals surface area (Å²) in [5.74, 6) is -0.870. The average Bonchev–Trinajstić information content (AvgIpc) is 2.50. The van der Waals surface area contributed by atoms with Crippen molar-refractivity contribution < 1.29 is 14.3 Å².